The van der Waals surface area contributed by atoms with Crippen LogP contribution in [0.2, 0.25) is 0 Å². The maximum absolute atomic E-state index is 4.28. The maximum atomic E-state index is 4.28. The highest BCUT2D eigenvalue weighted by Gasteiger charge is 2.01. The maximum Gasteiger partial charge on any atom is 0.0451 e. The van der Waals surface area contributed by atoms with Gasteiger partial charge >= 0.3 is 0 Å². The fourth-order valence-electron chi connectivity index (χ4n) is 1.70. The predicted octanol–water partition coefficient (Wildman–Crippen LogP) is 3.59. The second-order valence-corrected chi connectivity index (χ2v) is 3.33. The van der Waals surface area contributed by atoms with Crippen molar-refractivity contribution < 1.29 is 0 Å². The zero-order valence-electron chi connectivity index (χ0n) is 8.95. The summed E-state index contributed by atoms with van der Waals surface area (Å²) in [4.78, 5) is 4.28. The molecular formula is C12H15IN2. The Morgan fingerprint density at radius 2 is 2.00 bits per heavy atom. The Kier molecular flexibility index (Phi) is 4.32. The van der Waals surface area contributed by atoms with E-state index in [1.54, 1.807) is 0 Å². The summed E-state index contributed by atoms with van der Waals surface area (Å²) in [5.74, 6) is 0. The van der Waals surface area contributed by atoms with E-state index in [0.29, 0.717) is 0 Å². The Morgan fingerprint density at radius 3 is 2.73 bits per heavy atom. The average molecular weight is 314 g/mol. The number of hydrogen-bond donors (Lipinski definition) is 1. The molecular weight excluding hydrogens is 299 g/mol. The van der Waals surface area contributed by atoms with Crippen LogP contribution in [0, 0.1) is 6.92 Å². The molecule has 0 atom stereocenters. The second kappa shape index (κ2) is 5.30. The minimum Gasteiger partial charge on any atom is -0.385 e. The number of nitrogens with zero attached hydrogens (tertiary/aromatic N) is 1. The summed E-state index contributed by atoms with van der Waals surface area (Å²) >= 11 is 0. The minimum absolute atomic E-state index is 0. The van der Waals surface area contributed by atoms with Crippen LogP contribution in [0.4, 0.5) is 5.69 Å². The van der Waals surface area contributed by atoms with E-state index in [0.717, 1.165) is 12.2 Å². The van der Waals surface area contributed by atoms with E-state index < -0.39 is 0 Å². The van der Waals surface area contributed by atoms with Crippen molar-refractivity contribution in [3.63, 3.8) is 0 Å². The van der Waals surface area contributed by atoms with Gasteiger partial charge in [0.05, 0.1) is 0 Å². The molecule has 80 valence electrons. The lowest BCUT2D eigenvalue weighted by Crippen LogP contribution is -1.97. The zero-order valence-corrected chi connectivity index (χ0v) is 11.3. The summed E-state index contributed by atoms with van der Waals surface area (Å²) in [5, 5.41) is 5.83. The van der Waals surface area contributed by atoms with Crippen molar-refractivity contribution >= 4 is 40.4 Å². The van der Waals surface area contributed by atoms with Crippen LogP contribution in [-0.4, -0.2) is 11.5 Å². The van der Waals surface area contributed by atoms with Crippen molar-refractivity contribution in [2.24, 2.45) is 0 Å². The average Bonchev–Trinajstić information content (AvgIpc) is 2.20. The molecule has 2 nitrogen and oxygen atoms in total. The van der Waals surface area contributed by atoms with E-state index in [2.05, 4.69) is 41.5 Å². The molecule has 0 saturated carbocycles. The predicted molar refractivity (Wildman–Crippen MR) is 76.1 cm³/mol. The zero-order chi connectivity index (χ0) is 9.97. The molecule has 0 bridgehead atoms. The van der Waals surface area contributed by atoms with Crippen molar-refractivity contribution in [1.29, 1.82) is 0 Å². The number of aryl methyl sites for hydroxylation is 1. The Hall–Kier alpha value is -0.840. The lowest BCUT2D eigenvalue weighted by Gasteiger charge is -2.08. The number of nitrogens with one attached hydrogen (secondary N) is 1. The molecule has 0 aliphatic rings. The van der Waals surface area contributed by atoms with Crippen molar-refractivity contribution in [3.05, 3.63) is 36.2 Å². The summed E-state index contributed by atoms with van der Waals surface area (Å²) in [6.07, 6.45) is 1.86. The van der Waals surface area contributed by atoms with E-state index >= 15 is 0 Å². The number of hydrogen-bond acceptors (Lipinski definition) is 2. The van der Waals surface area contributed by atoms with Crippen LogP contribution >= 0.6 is 24.0 Å². The fraction of sp³-hybridized carbons (Fsp3) is 0.250. The molecule has 0 unspecified atom stereocenters. The standard InChI is InChI=1S/C12H14N2.HI/c1-3-13-12-6-4-5-10-9(2)14-8-7-11(10)12;/h4-8,13H,3H2,1-2H3;1H. The van der Waals surface area contributed by atoms with Crippen molar-refractivity contribution in [3.8, 4) is 0 Å². The number of anilines is 1. The third-order valence-corrected chi connectivity index (χ3v) is 2.37. The molecule has 0 radical (unpaired) electrons. The van der Waals surface area contributed by atoms with Crippen LogP contribution in [0.5, 0.6) is 0 Å². The Bertz CT molecular complexity index is 454. The summed E-state index contributed by atoms with van der Waals surface area (Å²) in [5.41, 5.74) is 2.28. The Balaban J connectivity index is 0.00000112. The van der Waals surface area contributed by atoms with Crippen LogP contribution in [0.3, 0.4) is 0 Å². The number of fused-ring (bicyclic) bond motifs is 1. The van der Waals surface area contributed by atoms with Gasteiger partial charge in [-0.2, -0.15) is 0 Å². The number of pyridine rings is 1. The van der Waals surface area contributed by atoms with Crippen LogP contribution in [0.15, 0.2) is 30.5 Å². The molecule has 15 heavy (non-hydrogen) atoms. The SMILES string of the molecule is CCNc1cccc2c(C)nccc12.I. The minimum atomic E-state index is 0. The van der Waals surface area contributed by atoms with Crippen molar-refractivity contribution in [1.82, 2.24) is 4.98 Å². The highest BCUT2D eigenvalue weighted by Crippen LogP contribution is 2.24. The lowest BCUT2D eigenvalue weighted by atomic mass is 10.1. The fourth-order valence-corrected chi connectivity index (χ4v) is 1.70. The van der Waals surface area contributed by atoms with E-state index in [1.807, 2.05) is 13.1 Å². The first kappa shape index (κ1) is 12.2. The molecule has 1 aromatic carbocycles. The molecule has 0 spiro atoms. The number of rotatable bonds is 2. The van der Waals surface area contributed by atoms with Gasteiger partial charge in [-0.15, -0.1) is 24.0 Å². The quantitative estimate of drug-likeness (QED) is 0.857. The number of halogens is 1. The number of benzene rings is 1. The Labute approximate surface area is 107 Å². The molecule has 0 saturated heterocycles. The van der Waals surface area contributed by atoms with E-state index in [-0.39, 0.29) is 24.0 Å². The monoisotopic (exact) mass is 314 g/mol. The summed E-state index contributed by atoms with van der Waals surface area (Å²) in [6, 6.07) is 8.33. The lowest BCUT2D eigenvalue weighted by molar-refractivity contribution is 1.21. The molecule has 2 rings (SSSR count). The van der Waals surface area contributed by atoms with Gasteiger partial charge in [-0.1, -0.05) is 12.1 Å². The molecule has 2 aromatic rings. The Morgan fingerprint density at radius 1 is 1.20 bits per heavy atom. The summed E-state index contributed by atoms with van der Waals surface area (Å²) < 4.78 is 0. The molecule has 0 amide bonds. The third kappa shape index (κ3) is 2.40. The smallest absolute Gasteiger partial charge is 0.0451 e. The topological polar surface area (TPSA) is 24.9 Å². The van der Waals surface area contributed by atoms with Crippen LogP contribution in [0.1, 0.15) is 12.6 Å². The molecule has 0 aliphatic carbocycles. The van der Waals surface area contributed by atoms with Gasteiger partial charge < -0.3 is 5.32 Å². The molecule has 0 aliphatic heterocycles. The molecule has 1 aromatic heterocycles. The number of aromatic nitrogens is 1. The largest absolute Gasteiger partial charge is 0.385 e. The molecule has 3 heteroatoms. The van der Waals surface area contributed by atoms with Crippen LogP contribution in [-0.2, 0) is 0 Å². The van der Waals surface area contributed by atoms with Gasteiger partial charge in [0, 0.05) is 34.9 Å². The first-order valence-corrected chi connectivity index (χ1v) is 4.91. The van der Waals surface area contributed by atoms with Gasteiger partial charge in [0.15, 0.2) is 0 Å². The first-order chi connectivity index (χ1) is 6.83. The van der Waals surface area contributed by atoms with Gasteiger partial charge in [0.2, 0.25) is 0 Å². The highest BCUT2D eigenvalue weighted by molar-refractivity contribution is 14.0. The van der Waals surface area contributed by atoms with Crippen molar-refractivity contribution in [2.75, 3.05) is 11.9 Å². The first-order valence-electron chi connectivity index (χ1n) is 4.91. The van der Waals surface area contributed by atoms with Gasteiger partial charge in [-0.25, -0.2) is 0 Å². The summed E-state index contributed by atoms with van der Waals surface area (Å²) in [6.45, 7) is 5.09. The van der Waals surface area contributed by atoms with E-state index in [9.17, 15) is 0 Å². The van der Waals surface area contributed by atoms with Crippen LogP contribution in [0.25, 0.3) is 10.8 Å². The molecule has 0 fully saturated rings. The van der Waals surface area contributed by atoms with Gasteiger partial charge in [0.25, 0.3) is 0 Å². The normalized spacial score (nSPS) is 9.73. The van der Waals surface area contributed by atoms with Gasteiger partial charge in [-0.05, 0) is 26.0 Å². The van der Waals surface area contributed by atoms with E-state index in [1.165, 1.54) is 16.5 Å². The van der Waals surface area contributed by atoms with Crippen molar-refractivity contribution in [2.45, 2.75) is 13.8 Å². The highest BCUT2D eigenvalue weighted by atomic mass is 127. The van der Waals surface area contributed by atoms with Gasteiger partial charge in [0.1, 0.15) is 0 Å². The molecule has 1 heterocycles. The van der Waals surface area contributed by atoms with Crippen LogP contribution < -0.4 is 5.32 Å². The molecule has 1 N–H and O–H groups in total. The third-order valence-electron chi connectivity index (χ3n) is 2.37. The second-order valence-electron chi connectivity index (χ2n) is 3.33. The summed E-state index contributed by atoms with van der Waals surface area (Å²) in [7, 11) is 0. The van der Waals surface area contributed by atoms with E-state index in [4.69, 9.17) is 0 Å². The van der Waals surface area contributed by atoms with Gasteiger partial charge in [-0.3, -0.25) is 4.98 Å².